The highest BCUT2D eigenvalue weighted by Gasteiger charge is 2.15. The Balaban J connectivity index is 0.00000338. The van der Waals surface area contributed by atoms with Gasteiger partial charge in [0.15, 0.2) is 0 Å². The van der Waals surface area contributed by atoms with Gasteiger partial charge in [-0.25, -0.2) is 0 Å². The predicted octanol–water partition coefficient (Wildman–Crippen LogP) is 4.05. The zero-order valence-electron chi connectivity index (χ0n) is 16.2. The first-order valence-corrected chi connectivity index (χ1v) is 8.53. The molecular formula is C20H29Cl2N3O2. The molecule has 0 spiro atoms. The lowest BCUT2D eigenvalue weighted by atomic mass is 10.0. The van der Waals surface area contributed by atoms with Gasteiger partial charge in [0.05, 0.1) is 12.7 Å². The van der Waals surface area contributed by atoms with Crippen molar-refractivity contribution < 1.29 is 9.53 Å². The molecule has 2 aromatic rings. The van der Waals surface area contributed by atoms with Crippen LogP contribution in [0.1, 0.15) is 30.6 Å². The SMILES string of the molecule is COc1ccc(-c2cncc(C(=O)N(C)CCC(N)C(C)C)c2)cc1.Cl.Cl. The van der Waals surface area contributed by atoms with Gasteiger partial charge in [-0.15, -0.1) is 24.8 Å². The van der Waals surface area contributed by atoms with E-state index in [-0.39, 0.29) is 36.8 Å². The number of ether oxygens (including phenoxy) is 1. The molecule has 1 aromatic carbocycles. The third-order valence-electron chi connectivity index (χ3n) is 4.41. The molecule has 0 aliphatic heterocycles. The lowest BCUT2D eigenvalue weighted by molar-refractivity contribution is 0.0789. The van der Waals surface area contributed by atoms with Crippen LogP contribution in [0.5, 0.6) is 5.75 Å². The number of rotatable bonds is 7. The van der Waals surface area contributed by atoms with Crippen LogP contribution in [0.25, 0.3) is 11.1 Å². The van der Waals surface area contributed by atoms with Crippen molar-refractivity contribution >= 4 is 30.7 Å². The second-order valence-corrected chi connectivity index (χ2v) is 6.61. The molecule has 1 atom stereocenters. The Bertz CT molecular complexity index is 709. The number of carbonyl (C=O) groups is 1. The molecule has 1 unspecified atom stereocenters. The van der Waals surface area contributed by atoms with Crippen molar-refractivity contribution in [1.82, 2.24) is 9.88 Å². The van der Waals surface area contributed by atoms with E-state index in [2.05, 4.69) is 18.8 Å². The molecule has 0 bridgehead atoms. The van der Waals surface area contributed by atoms with Crippen LogP contribution >= 0.6 is 24.8 Å². The molecule has 5 nitrogen and oxygen atoms in total. The van der Waals surface area contributed by atoms with Crippen LogP contribution in [0.3, 0.4) is 0 Å². The number of halogens is 2. The van der Waals surface area contributed by atoms with Crippen LogP contribution in [0, 0.1) is 5.92 Å². The number of pyridine rings is 1. The summed E-state index contributed by atoms with van der Waals surface area (Å²) in [6.45, 7) is 4.81. The van der Waals surface area contributed by atoms with Gasteiger partial charge in [0.2, 0.25) is 0 Å². The molecule has 2 rings (SSSR count). The van der Waals surface area contributed by atoms with E-state index in [0.29, 0.717) is 18.0 Å². The Kier molecular flexibility index (Phi) is 11.0. The Morgan fingerprint density at radius 3 is 2.33 bits per heavy atom. The summed E-state index contributed by atoms with van der Waals surface area (Å²) >= 11 is 0. The first kappa shape index (κ1) is 25.2. The van der Waals surface area contributed by atoms with E-state index in [4.69, 9.17) is 10.5 Å². The largest absolute Gasteiger partial charge is 0.497 e. The molecule has 0 aliphatic rings. The Morgan fingerprint density at radius 2 is 1.78 bits per heavy atom. The maximum atomic E-state index is 12.6. The lowest BCUT2D eigenvalue weighted by Gasteiger charge is -2.21. The van der Waals surface area contributed by atoms with E-state index < -0.39 is 0 Å². The van der Waals surface area contributed by atoms with Crippen molar-refractivity contribution in [2.45, 2.75) is 26.3 Å². The molecular weight excluding hydrogens is 385 g/mol. The van der Waals surface area contributed by atoms with E-state index >= 15 is 0 Å². The monoisotopic (exact) mass is 413 g/mol. The minimum Gasteiger partial charge on any atom is -0.497 e. The van der Waals surface area contributed by atoms with Crippen molar-refractivity contribution in [3.63, 3.8) is 0 Å². The van der Waals surface area contributed by atoms with Gasteiger partial charge >= 0.3 is 0 Å². The van der Waals surface area contributed by atoms with Gasteiger partial charge in [-0.3, -0.25) is 9.78 Å². The van der Waals surface area contributed by atoms with Crippen LogP contribution in [-0.4, -0.2) is 42.5 Å². The molecule has 2 N–H and O–H groups in total. The highest BCUT2D eigenvalue weighted by molar-refractivity contribution is 5.94. The molecule has 0 aliphatic carbocycles. The van der Waals surface area contributed by atoms with Crippen LogP contribution < -0.4 is 10.5 Å². The van der Waals surface area contributed by atoms with Gasteiger partial charge in [-0.2, -0.15) is 0 Å². The topological polar surface area (TPSA) is 68.5 Å². The zero-order chi connectivity index (χ0) is 18.4. The number of hydrogen-bond acceptors (Lipinski definition) is 4. The van der Waals surface area contributed by atoms with E-state index in [1.165, 1.54) is 0 Å². The molecule has 1 aromatic heterocycles. The van der Waals surface area contributed by atoms with Crippen molar-refractivity contribution in [3.05, 3.63) is 48.3 Å². The minimum atomic E-state index is -0.0428. The summed E-state index contributed by atoms with van der Waals surface area (Å²) in [5.74, 6) is 1.16. The molecule has 1 heterocycles. The van der Waals surface area contributed by atoms with E-state index in [0.717, 1.165) is 23.3 Å². The molecule has 0 fully saturated rings. The molecule has 1 amide bonds. The quantitative estimate of drug-likeness (QED) is 0.742. The summed E-state index contributed by atoms with van der Waals surface area (Å²) in [5.41, 5.74) is 8.54. The number of nitrogens with zero attached hydrogens (tertiary/aromatic N) is 2. The molecule has 0 saturated heterocycles. The van der Waals surface area contributed by atoms with Crippen molar-refractivity contribution in [3.8, 4) is 16.9 Å². The fraction of sp³-hybridized carbons (Fsp3) is 0.400. The van der Waals surface area contributed by atoms with Crippen molar-refractivity contribution in [1.29, 1.82) is 0 Å². The summed E-state index contributed by atoms with van der Waals surface area (Å²) in [6, 6.07) is 9.66. The third kappa shape index (κ3) is 7.01. The number of benzene rings is 1. The minimum absolute atomic E-state index is 0. The summed E-state index contributed by atoms with van der Waals surface area (Å²) in [7, 11) is 3.44. The Labute approximate surface area is 174 Å². The smallest absolute Gasteiger partial charge is 0.255 e. The maximum absolute atomic E-state index is 12.6. The molecule has 7 heteroatoms. The Hall–Kier alpha value is -1.82. The summed E-state index contributed by atoms with van der Waals surface area (Å²) in [6.07, 6.45) is 4.15. The summed E-state index contributed by atoms with van der Waals surface area (Å²) < 4.78 is 5.17. The maximum Gasteiger partial charge on any atom is 0.255 e. The van der Waals surface area contributed by atoms with Crippen LogP contribution in [0.15, 0.2) is 42.7 Å². The van der Waals surface area contributed by atoms with Gasteiger partial charge in [0.1, 0.15) is 5.75 Å². The highest BCUT2D eigenvalue weighted by atomic mass is 35.5. The number of methoxy groups -OCH3 is 1. The van der Waals surface area contributed by atoms with Crippen LogP contribution in [0.2, 0.25) is 0 Å². The van der Waals surface area contributed by atoms with Gasteiger partial charge < -0.3 is 15.4 Å². The lowest BCUT2D eigenvalue weighted by Crippen LogP contribution is -2.34. The van der Waals surface area contributed by atoms with E-state index in [1.807, 2.05) is 30.3 Å². The first-order valence-electron chi connectivity index (χ1n) is 8.53. The van der Waals surface area contributed by atoms with Gasteiger partial charge in [-0.05, 0) is 36.1 Å². The fourth-order valence-electron chi connectivity index (χ4n) is 2.50. The second kappa shape index (κ2) is 11.8. The van der Waals surface area contributed by atoms with Crippen molar-refractivity contribution in [2.75, 3.05) is 20.7 Å². The fourth-order valence-corrected chi connectivity index (χ4v) is 2.50. The van der Waals surface area contributed by atoms with E-state index in [1.54, 1.807) is 31.5 Å². The molecule has 0 saturated carbocycles. The average molecular weight is 414 g/mol. The van der Waals surface area contributed by atoms with Crippen molar-refractivity contribution in [2.24, 2.45) is 11.7 Å². The highest BCUT2D eigenvalue weighted by Crippen LogP contribution is 2.22. The Morgan fingerprint density at radius 1 is 1.15 bits per heavy atom. The zero-order valence-corrected chi connectivity index (χ0v) is 17.8. The molecule has 0 radical (unpaired) electrons. The van der Waals surface area contributed by atoms with Crippen LogP contribution in [-0.2, 0) is 0 Å². The van der Waals surface area contributed by atoms with Gasteiger partial charge in [-0.1, -0.05) is 26.0 Å². The van der Waals surface area contributed by atoms with Crippen LogP contribution in [0.4, 0.5) is 0 Å². The third-order valence-corrected chi connectivity index (χ3v) is 4.41. The first-order chi connectivity index (χ1) is 11.9. The predicted molar refractivity (Wildman–Crippen MR) is 115 cm³/mol. The average Bonchev–Trinajstić information content (AvgIpc) is 2.65. The number of amides is 1. The normalized spacial score (nSPS) is 11.2. The van der Waals surface area contributed by atoms with Gasteiger partial charge in [0, 0.05) is 37.6 Å². The summed E-state index contributed by atoms with van der Waals surface area (Å²) in [4.78, 5) is 18.6. The number of hydrogen-bond donors (Lipinski definition) is 1. The second-order valence-electron chi connectivity index (χ2n) is 6.61. The number of aromatic nitrogens is 1. The number of nitrogens with two attached hydrogens (primary N) is 1. The molecule has 150 valence electrons. The number of carbonyl (C=O) groups excluding carboxylic acids is 1. The molecule has 27 heavy (non-hydrogen) atoms. The van der Waals surface area contributed by atoms with Gasteiger partial charge in [0.25, 0.3) is 5.91 Å². The standard InChI is InChI=1S/C20H27N3O2.2ClH/c1-14(2)19(21)9-10-23(3)20(24)17-11-16(12-22-13-17)15-5-7-18(25-4)8-6-15;;/h5-8,11-14,19H,9-10,21H2,1-4H3;2*1H. The summed E-state index contributed by atoms with van der Waals surface area (Å²) in [5, 5.41) is 0. The van der Waals surface area contributed by atoms with E-state index in [9.17, 15) is 4.79 Å².